The zero-order valence-corrected chi connectivity index (χ0v) is 16.9. The highest BCUT2D eigenvalue weighted by Gasteiger charge is 2.18. The van der Waals surface area contributed by atoms with E-state index in [9.17, 15) is 9.18 Å². The molecule has 0 fully saturated rings. The number of unbranched alkanes of at least 4 members (excludes halogenated alkanes) is 9. The fourth-order valence-electron chi connectivity index (χ4n) is 2.88. The number of carbonyl (C=O) groups excluding carboxylic acids is 1. The predicted octanol–water partition coefficient (Wildman–Crippen LogP) is 6.01. The fourth-order valence-corrected chi connectivity index (χ4v) is 3.10. The van der Waals surface area contributed by atoms with E-state index in [1.54, 1.807) is 0 Å². The molecule has 6 heteroatoms. The molecule has 0 bridgehead atoms. The normalized spacial score (nSPS) is 12.2. The second kappa shape index (κ2) is 13.9. The molecule has 26 heavy (non-hydrogen) atoms. The number of ether oxygens (including phenoxy) is 1. The van der Waals surface area contributed by atoms with Gasteiger partial charge in [-0.2, -0.15) is 4.73 Å². The fraction of sp³-hybridized carbons (Fsp3) is 0.750. The van der Waals surface area contributed by atoms with Gasteiger partial charge in [-0.05, 0) is 12.5 Å². The van der Waals surface area contributed by atoms with E-state index in [2.05, 4.69) is 11.7 Å². The number of aromatic nitrogens is 1. The lowest BCUT2D eigenvalue weighted by molar-refractivity contribution is 0.0397. The zero-order chi connectivity index (χ0) is 19.2. The molecule has 0 aliphatic carbocycles. The molecular formula is C20H33ClFNO3. The average Bonchev–Trinajstić information content (AvgIpc) is 3.01. The Balaban J connectivity index is 2.09. The minimum Gasteiger partial charge on any atom is -0.464 e. The van der Waals surface area contributed by atoms with Gasteiger partial charge in [0.25, 0.3) is 0 Å². The van der Waals surface area contributed by atoms with E-state index >= 15 is 0 Å². The molecular weight excluding hydrogens is 357 g/mol. The van der Waals surface area contributed by atoms with Gasteiger partial charge < -0.3 is 9.57 Å². The van der Waals surface area contributed by atoms with Gasteiger partial charge in [0, 0.05) is 6.20 Å². The Morgan fingerprint density at radius 2 is 1.69 bits per heavy atom. The van der Waals surface area contributed by atoms with Gasteiger partial charge in [-0.1, -0.05) is 82.7 Å². The number of rotatable bonds is 15. The van der Waals surface area contributed by atoms with Crippen LogP contribution < -0.4 is 4.84 Å². The third-order valence-electron chi connectivity index (χ3n) is 4.45. The summed E-state index contributed by atoms with van der Waals surface area (Å²) in [5.74, 6) is -0.606. The summed E-state index contributed by atoms with van der Waals surface area (Å²) in [7, 11) is 1.26. The summed E-state index contributed by atoms with van der Waals surface area (Å²) in [5, 5.41) is 0.224. The van der Waals surface area contributed by atoms with Gasteiger partial charge in [-0.3, -0.25) is 0 Å². The van der Waals surface area contributed by atoms with Crippen LogP contribution in [0.1, 0.15) is 88.0 Å². The van der Waals surface area contributed by atoms with Crippen LogP contribution in [0.4, 0.5) is 4.39 Å². The first-order chi connectivity index (χ1) is 12.6. The van der Waals surface area contributed by atoms with Gasteiger partial charge in [-0.15, -0.1) is 0 Å². The Hall–Kier alpha value is -1.23. The third-order valence-corrected chi connectivity index (χ3v) is 4.75. The molecule has 4 nitrogen and oxygen atoms in total. The van der Waals surface area contributed by atoms with Crippen LogP contribution in [-0.4, -0.2) is 30.6 Å². The highest BCUT2D eigenvalue weighted by molar-refractivity contribution is 6.33. The first-order valence-corrected chi connectivity index (χ1v) is 10.2. The molecule has 1 rings (SSSR count). The van der Waals surface area contributed by atoms with Gasteiger partial charge in [0.15, 0.2) is 5.69 Å². The summed E-state index contributed by atoms with van der Waals surface area (Å²) < 4.78 is 19.8. The van der Waals surface area contributed by atoms with Crippen molar-refractivity contribution in [3.63, 3.8) is 0 Å². The van der Waals surface area contributed by atoms with Crippen molar-refractivity contribution in [1.29, 1.82) is 0 Å². The lowest BCUT2D eigenvalue weighted by Gasteiger charge is -2.13. The largest absolute Gasteiger partial charge is 0.464 e. The van der Waals surface area contributed by atoms with Crippen LogP contribution in [0.15, 0.2) is 12.3 Å². The highest BCUT2D eigenvalue weighted by atomic mass is 35.5. The second-order valence-electron chi connectivity index (χ2n) is 6.69. The molecule has 0 radical (unpaired) electrons. The SMILES string of the molecule is CCCCCCCCCCCCC(F)COn1ccc(Cl)c1C(=O)OC. The first-order valence-electron chi connectivity index (χ1n) is 9.82. The Morgan fingerprint density at radius 3 is 2.27 bits per heavy atom. The van der Waals surface area contributed by atoms with Gasteiger partial charge >= 0.3 is 5.97 Å². The molecule has 0 aliphatic rings. The summed E-state index contributed by atoms with van der Waals surface area (Å²) in [6.45, 7) is 2.13. The number of hydrogen-bond donors (Lipinski definition) is 0. The number of carbonyl (C=O) groups is 1. The van der Waals surface area contributed by atoms with Crippen LogP contribution in [0.3, 0.4) is 0 Å². The summed E-state index contributed by atoms with van der Waals surface area (Å²) >= 11 is 5.92. The van der Waals surface area contributed by atoms with Crippen LogP contribution in [-0.2, 0) is 4.74 Å². The quantitative estimate of drug-likeness (QED) is 0.272. The van der Waals surface area contributed by atoms with E-state index in [0.717, 1.165) is 12.8 Å². The molecule has 0 spiro atoms. The predicted molar refractivity (Wildman–Crippen MR) is 104 cm³/mol. The number of hydrogen-bond acceptors (Lipinski definition) is 3. The summed E-state index contributed by atoms with van der Waals surface area (Å²) in [6, 6.07) is 1.52. The maximum absolute atomic E-state index is 14.0. The van der Waals surface area contributed by atoms with Crippen molar-refractivity contribution in [3.8, 4) is 0 Å². The maximum Gasteiger partial charge on any atom is 0.359 e. The van der Waals surface area contributed by atoms with Crippen LogP contribution in [0.25, 0.3) is 0 Å². The molecule has 0 amide bonds. The molecule has 0 aromatic carbocycles. The van der Waals surface area contributed by atoms with Gasteiger partial charge in [0.2, 0.25) is 0 Å². The van der Waals surface area contributed by atoms with Crippen molar-refractivity contribution in [2.75, 3.05) is 13.7 Å². The van der Waals surface area contributed by atoms with Crippen molar-refractivity contribution >= 4 is 17.6 Å². The van der Waals surface area contributed by atoms with Crippen molar-refractivity contribution in [2.24, 2.45) is 0 Å². The molecule has 1 atom stereocenters. The first kappa shape index (κ1) is 22.8. The van der Waals surface area contributed by atoms with Crippen LogP contribution in [0.5, 0.6) is 0 Å². The number of halogens is 2. The van der Waals surface area contributed by atoms with Crippen LogP contribution in [0.2, 0.25) is 5.02 Å². The number of nitrogens with zero attached hydrogens (tertiary/aromatic N) is 1. The van der Waals surface area contributed by atoms with E-state index in [4.69, 9.17) is 16.4 Å². The van der Waals surface area contributed by atoms with Crippen molar-refractivity contribution in [1.82, 2.24) is 4.73 Å². The van der Waals surface area contributed by atoms with E-state index in [1.165, 1.54) is 75.5 Å². The number of alkyl halides is 1. The molecule has 0 N–H and O–H groups in total. The van der Waals surface area contributed by atoms with E-state index in [1.807, 2.05) is 0 Å². The topological polar surface area (TPSA) is 40.5 Å². The molecule has 1 heterocycles. The molecule has 0 aliphatic heterocycles. The van der Waals surface area contributed by atoms with Crippen LogP contribution >= 0.6 is 11.6 Å². The molecule has 1 aromatic heterocycles. The van der Waals surface area contributed by atoms with Crippen molar-refractivity contribution in [3.05, 3.63) is 23.0 Å². The lowest BCUT2D eigenvalue weighted by atomic mass is 10.1. The Kier molecular flexibility index (Phi) is 12.2. The van der Waals surface area contributed by atoms with Gasteiger partial charge in [0.1, 0.15) is 12.8 Å². The molecule has 1 unspecified atom stereocenters. The Labute approximate surface area is 162 Å². The molecule has 150 valence electrons. The van der Waals surface area contributed by atoms with Gasteiger partial charge in [0.05, 0.1) is 12.1 Å². The lowest BCUT2D eigenvalue weighted by Crippen LogP contribution is -2.24. The molecule has 1 aromatic rings. The van der Waals surface area contributed by atoms with Crippen molar-refractivity contribution in [2.45, 2.75) is 83.7 Å². The summed E-state index contributed by atoms with van der Waals surface area (Å²) in [6.07, 6.45) is 13.2. The standard InChI is InChI=1S/C20H33ClFNO3/c1-3-4-5-6-7-8-9-10-11-12-13-17(22)16-26-23-15-14-18(21)19(23)20(24)25-2/h14-15,17H,3-13,16H2,1-2H3. The van der Waals surface area contributed by atoms with E-state index in [-0.39, 0.29) is 17.3 Å². The summed E-state index contributed by atoms with van der Waals surface area (Å²) in [4.78, 5) is 17.0. The number of esters is 1. The minimum absolute atomic E-state index is 0.0836. The van der Waals surface area contributed by atoms with Gasteiger partial charge in [-0.25, -0.2) is 9.18 Å². The maximum atomic E-state index is 14.0. The molecule has 0 saturated carbocycles. The van der Waals surface area contributed by atoms with E-state index < -0.39 is 12.1 Å². The van der Waals surface area contributed by atoms with Crippen molar-refractivity contribution < 1.29 is 18.8 Å². The minimum atomic E-state index is -1.06. The Morgan fingerprint density at radius 1 is 1.12 bits per heavy atom. The van der Waals surface area contributed by atoms with E-state index in [0.29, 0.717) is 6.42 Å². The highest BCUT2D eigenvalue weighted by Crippen LogP contribution is 2.18. The summed E-state index contributed by atoms with van der Waals surface area (Å²) in [5.41, 5.74) is 0.0836. The zero-order valence-electron chi connectivity index (χ0n) is 16.1. The Bertz CT molecular complexity index is 507. The monoisotopic (exact) mass is 389 g/mol. The molecule has 0 saturated heterocycles. The van der Waals surface area contributed by atoms with Crippen LogP contribution in [0, 0.1) is 0 Å². The second-order valence-corrected chi connectivity index (χ2v) is 7.10. The smallest absolute Gasteiger partial charge is 0.359 e. The number of methoxy groups -OCH3 is 1. The average molecular weight is 390 g/mol. The third kappa shape index (κ3) is 8.93.